The minimum Gasteiger partial charge on any atom is -0.291 e. The first-order valence-electron chi connectivity index (χ1n) is 18.8. The summed E-state index contributed by atoms with van der Waals surface area (Å²) in [5, 5.41) is 0. The Labute approximate surface area is 339 Å². The third-order valence-corrected chi connectivity index (χ3v) is 10.1. The molecule has 0 N–H and O–H groups in total. The molecule has 10 rings (SSSR count). The van der Waals surface area contributed by atoms with Gasteiger partial charge in [-0.1, -0.05) is 60.7 Å². The van der Waals surface area contributed by atoms with Gasteiger partial charge in [0.05, 0.1) is 51.4 Å². The van der Waals surface area contributed by atoms with Crippen molar-refractivity contribution >= 4 is 22.1 Å². The fourth-order valence-corrected chi connectivity index (χ4v) is 7.26. The maximum Gasteiger partial charge on any atom is 0.416 e. The summed E-state index contributed by atoms with van der Waals surface area (Å²) in [7, 11) is 0. The Kier molecular flexibility index (Phi) is 8.97. The summed E-state index contributed by atoms with van der Waals surface area (Å²) in [6.45, 7) is -0.650. The number of rotatable bonds is 8. The highest BCUT2D eigenvalue weighted by Gasteiger charge is 2.30. The van der Waals surface area contributed by atoms with Gasteiger partial charge >= 0.3 is 6.18 Å². The molecule has 290 valence electrons. The number of fused-ring (bicyclic) bond motifs is 2. The maximum absolute atomic E-state index is 13.6. The Bertz CT molecular complexity index is 3030. The molecule has 0 aliphatic rings. The van der Waals surface area contributed by atoms with Gasteiger partial charge in [0.2, 0.25) is 0 Å². The molecule has 0 saturated carbocycles. The van der Waals surface area contributed by atoms with E-state index in [9.17, 15) is 17.6 Å². The van der Waals surface area contributed by atoms with Crippen LogP contribution in [0.3, 0.4) is 0 Å². The molecule has 5 heterocycles. The quantitative estimate of drug-likeness (QED) is 0.141. The molecule has 5 aromatic carbocycles. The average molecular weight is 796 g/mol. The molecule has 10 aromatic rings. The van der Waals surface area contributed by atoms with E-state index in [1.54, 1.807) is 49.1 Å². The maximum atomic E-state index is 13.6. The lowest BCUT2D eigenvalue weighted by molar-refractivity contribution is -0.137. The molecule has 13 heteroatoms. The van der Waals surface area contributed by atoms with Gasteiger partial charge in [-0.3, -0.25) is 19.1 Å². The third-order valence-electron chi connectivity index (χ3n) is 10.1. The van der Waals surface area contributed by atoms with Gasteiger partial charge in [-0.15, -0.1) is 0 Å². The average Bonchev–Trinajstić information content (AvgIpc) is 3.89. The number of hydrogen-bond donors (Lipinski definition) is 0. The van der Waals surface area contributed by atoms with Crippen LogP contribution in [0, 0.1) is 0 Å². The monoisotopic (exact) mass is 795 g/mol. The lowest BCUT2D eigenvalue weighted by atomic mass is 10.0. The Hall–Kier alpha value is -7.93. The van der Waals surface area contributed by atoms with Crippen LogP contribution in [0.5, 0.6) is 0 Å². The Balaban J connectivity index is 1.26. The summed E-state index contributed by atoms with van der Waals surface area (Å²) < 4.78 is 58.5. The molecule has 0 unspecified atom stereocenters. The summed E-state index contributed by atoms with van der Waals surface area (Å²) in [4.78, 5) is 33.7. The first-order valence-corrected chi connectivity index (χ1v) is 18.8. The second kappa shape index (κ2) is 14.8. The van der Waals surface area contributed by atoms with Crippen LogP contribution in [0.2, 0.25) is 0 Å². The molecule has 0 aliphatic carbocycles. The summed E-state index contributed by atoms with van der Waals surface area (Å²) in [6.07, 6.45) is 2.44. The van der Waals surface area contributed by atoms with Crippen molar-refractivity contribution in [2.45, 2.75) is 12.9 Å². The smallest absolute Gasteiger partial charge is 0.291 e. The molecular weight excluding hydrogens is 767 g/mol. The zero-order valence-corrected chi connectivity index (χ0v) is 31.3. The van der Waals surface area contributed by atoms with E-state index < -0.39 is 18.4 Å². The summed E-state index contributed by atoms with van der Waals surface area (Å²) >= 11 is 0. The Morgan fingerprint density at radius 3 is 1.35 bits per heavy atom. The van der Waals surface area contributed by atoms with E-state index >= 15 is 0 Å². The normalized spacial score (nSPS) is 11.7. The van der Waals surface area contributed by atoms with Crippen molar-refractivity contribution in [3.8, 4) is 68.3 Å². The van der Waals surface area contributed by atoms with Gasteiger partial charge in [0.1, 0.15) is 18.3 Å². The van der Waals surface area contributed by atoms with Crippen LogP contribution in [0.1, 0.15) is 11.1 Å². The fraction of sp³-hybridized carbons (Fsp3) is 0.0426. The molecule has 0 amide bonds. The number of hydrogen-bond acceptors (Lipinski definition) is 7. The van der Waals surface area contributed by atoms with Gasteiger partial charge in [-0.25, -0.2) is 29.3 Å². The van der Waals surface area contributed by atoms with Gasteiger partial charge in [-0.05, 0) is 84.4 Å². The zero-order valence-electron chi connectivity index (χ0n) is 31.3. The molecule has 0 aliphatic heterocycles. The predicted molar refractivity (Wildman–Crippen MR) is 222 cm³/mol. The summed E-state index contributed by atoms with van der Waals surface area (Å²) in [5.41, 5.74) is 7.35. The van der Waals surface area contributed by atoms with E-state index in [-0.39, 0.29) is 17.5 Å². The lowest BCUT2D eigenvalue weighted by Gasteiger charge is -2.15. The molecular formula is C47H29F4N9. The lowest BCUT2D eigenvalue weighted by Crippen LogP contribution is -2.05. The van der Waals surface area contributed by atoms with Gasteiger partial charge in [0, 0.05) is 40.2 Å². The van der Waals surface area contributed by atoms with Gasteiger partial charge in [0.15, 0.2) is 17.5 Å². The summed E-state index contributed by atoms with van der Waals surface area (Å²) in [6, 6.07) is 40.5. The van der Waals surface area contributed by atoms with Crippen LogP contribution in [-0.4, -0.2) is 44.0 Å². The number of para-hydroxylation sites is 4. The summed E-state index contributed by atoms with van der Waals surface area (Å²) in [5.74, 6) is 1.85. The first kappa shape index (κ1) is 36.4. The molecule has 0 saturated heterocycles. The minimum absolute atomic E-state index is 0.149. The highest BCUT2D eigenvalue weighted by atomic mass is 19.4. The number of imidazole rings is 2. The molecule has 0 atom stereocenters. The zero-order chi connectivity index (χ0) is 40.8. The number of aromatic nitrogens is 9. The Morgan fingerprint density at radius 1 is 0.450 bits per heavy atom. The van der Waals surface area contributed by atoms with Crippen molar-refractivity contribution in [1.29, 1.82) is 0 Å². The van der Waals surface area contributed by atoms with Crippen molar-refractivity contribution in [3.05, 3.63) is 175 Å². The second-order valence-electron chi connectivity index (χ2n) is 14.0. The van der Waals surface area contributed by atoms with Crippen LogP contribution >= 0.6 is 0 Å². The van der Waals surface area contributed by atoms with E-state index in [0.29, 0.717) is 45.0 Å². The minimum atomic E-state index is -4.53. The van der Waals surface area contributed by atoms with Gasteiger partial charge in [-0.2, -0.15) is 13.2 Å². The highest BCUT2D eigenvalue weighted by molar-refractivity contribution is 5.88. The van der Waals surface area contributed by atoms with Crippen LogP contribution in [0.4, 0.5) is 17.6 Å². The van der Waals surface area contributed by atoms with E-state index in [2.05, 4.69) is 9.97 Å². The fourth-order valence-electron chi connectivity index (χ4n) is 7.26. The van der Waals surface area contributed by atoms with Crippen LogP contribution in [-0.2, 0) is 12.9 Å². The van der Waals surface area contributed by atoms with Gasteiger partial charge in [0.25, 0.3) is 0 Å². The molecule has 5 aromatic heterocycles. The number of benzene rings is 5. The third kappa shape index (κ3) is 6.71. The van der Waals surface area contributed by atoms with E-state index in [4.69, 9.17) is 24.9 Å². The number of halogens is 4. The molecule has 9 nitrogen and oxygen atoms in total. The SMILES string of the molecule is FCc1ccc(-c2nc(-c3ccc(C(F)(F)F)cc3)nc(-c3cc(-c4nc5ccccc5n4-c4cccnc4)cc(-c4nc5ccccc5n4-c4cccnc4)c3)n2)cc1. The molecule has 0 fully saturated rings. The van der Waals surface area contributed by atoms with Crippen molar-refractivity contribution in [3.63, 3.8) is 0 Å². The van der Waals surface area contributed by atoms with Crippen molar-refractivity contribution < 1.29 is 17.6 Å². The molecule has 0 radical (unpaired) electrons. The van der Waals surface area contributed by atoms with Crippen LogP contribution in [0.25, 0.3) is 90.4 Å². The molecule has 0 bridgehead atoms. The number of pyridine rings is 2. The molecule has 60 heavy (non-hydrogen) atoms. The van der Waals surface area contributed by atoms with E-state index in [0.717, 1.165) is 45.6 Å². The highest BCUT2D eigenvalue weighted by Crippen LogP contribution is 2.38. The first-order chi connectivity index (χ1) is 29.3. The number of nitrogens with zero attached hydrogens (tertiary/aromatic N) is 9. The Morgan fingerprint density at radius 2 is 0.900 bits per heavy atom. The predicted octanol–water partition coefficient (Wildman–Crippen LogP) is 11.2. The topological polar surface area (TPSA) is 100 Å². The van der Waals surface area contributed by atoms with Crippen molar-refractivity contribution in [2.24, 2.45) is 0 Å². The van der Waals surface area contributed by atoms with Crippen molar-refractivity contribution in [2.75, 3.05) is 0 Å². The van der Waals surface area contributed by atoms with Gasteiger partial charge < -0.3 is 0 Å². The van der Waals surface area contributed by atoms with E-state index in [1.807, 2.05) is 100 Å². The van der Waals surface area contributed by atoms with E-state index in [1.165, 1.54) is 12.1 Å². The standard InChI is InChI=1S/C47H29F4N9/c48-26-29-13-15-30(16-14-29)42-56-43(31-17-19-35(20-18-31)47(49,50)51)58-44(57-42)32-23-33(45-54-38-9-1-3-11-40(38)59(45)36-7-5-21-52-27-36)25-34(24-32)46-55-39-10-2-4-12-41(39)60(46)37-8-6-22-53-28-37/h1-25,27-28H,26H2. The number of alkyl halides is 4. The largest absolute Gasteiger partial charge is 0.416 e. The van der Waals surface area contributed by atoms with Crippen LogP contribution < -0.4 is 0 Å². The van der Waals surface area contributed by atoms with Crippen molar-refractivity contribution in [1.82, 2.24) is 44.0 Å². The molecule has 0 spiro atoms. The second-order valence-corrected chi connectivity index (χ2v) is 14.0. The van der Waals surface area contributed by atoms with Crippen LogP contribution in [0.15, 0.2) is 164 Å².